The Hall–Kier alpha value is -0.173. The number of halogens is 5. The third-order valence-corrected chi connectivity index (χ3v) is 0. The van der Waals surface area contributed by atoms with Gasteiger partial charge in [0.15, 0.2) is 0 Å². The number of rotatable bonds is 0. The summed E-state index contributed by atoms with van der Waals surface area (Å²) in [6.45, 7) is 0. The van der Waals surface area contributed by atoms with Crippen LogP contribution in [0, 0.1) is 0 Å². The molecule has 0 aromatic heterocycles. The summed E-state index contributed by atoms with van der Waals surface area (Å²) in [6, 6.07) is 0. The second kappa shape index (κ2) is 3.06. The summed E-state index contributed by atoms with van der Waals surface area (Å²) >= 11 is 0. The number of hydrogen-bond donors (Lipinski definition) is 0. The van der Waals surface area contributed by atoms with Crippen LogP contribution >= 0.6 is 0 Å². The molecule has 0 radical (unpaired) electrons. The van der Waals surface area contributed by atoms with Gasteiger partial charge in [-0.25, -0.2) is 0 Å². The Morgan fingerprint density at radius 3 is 0.727 bits per heavy atom. The van der Waals surface area contributed by atoms with E-state index in [1.54, 1.807) is 0 Å². The van der Waals surface area contributed by atoms with Gasteiger partial charge in [-0.05, 0) is 0 Å². The van der Waals surface area contributed by atoms with E-state index in [4.69, 9.17) is 0 Å². The standard InChI is InChI=1S/C4H12N.F5Si/c1-5(2,3)4;1-6(2,3,4)5/h1-4H3;/q+1;-1. The molecule has 0 aliphatic carbocycles. The minimum absolute atomic E-state index is 1.00. The van der Waals surface area contributed by atoms with E-state index >= 15 is 0 Å². The summed E-state index contributed by atoms with van der Waals surface area (Å²) in [7, 11) is -0.250. The molecule has 0 aromatic carbocycles. The molecule has 0 aliphatic rings. The van der Waals surface area contributed by atoms with Gasteiger partial charge in [-0.1, -0.05) is 0 Å². The van der Waals surface area contributed by atoms with E-state index in [0.717, 1.165) is 4.48 Å². The van der Waals surface area contributed by atoms with E-state index in [2.05, 4.69) is 28.2 Å². The van der Waals surface area contributed by atoms with Crippen molar-refractivity contribution in [3.63, 3.8) is 0 Å². The van der Waals surface area contributed by atoms with E-state index in [1.165, 1.54) is 0 Å². The Balaban J connectivity index is 0. The van der Waals surface area contributed by atoms with E-state index in [9.17, 15) is 20.5 Å². The first-order valence-corrected chi connectivity index (χ1v) is 4.62. The van der Waals surface area contributed by atoms with Crippen LogP contribution in [0.25, 0.3) is 0 Å². The third-order valence-electron chi connectivity index (χ3n) is 0. The molecule has 0 saturated heterocycles. The summed E-state index contributed by atoms with van der Waals surface area (Å²) in [5, 5.41) is 0. The fourth-order valence-electron chi connectivity index (χ4n) is 0. The summed E-state index contributed by atoms with van der Waals surface area (Å²) < 4.78 is 50.3. The molecule has 0 aliphatic heterocycles. The van der Waals surface area contributed by atoms with Crippen LogP contribution in [-0.4, -0.2) is 41.7 Å². The van der Waals surface area contributed by atoms with Crippen molar-refractivity contribution < 1.29 is 25.0 Å². The molecule has 0 amide bonds. The van der Waals surface area contributed by atoms with Crippen molar-refractivity contribution >= 4 is 9.02 Å². The van der Waals surface area contributed by atoms with Crippen molar-refractivity contribution in [2.75, 3.05) is 28.2 Å². The van der Waals surface area contributed by atoms with Gasteiger partial charge < -0.3 is 4.48 Å². The Morgan fingerprint density at radius 2 is 0.727 bits per heavy atom. The Kier molecular flexibility index (Phi) is 3.73. The first-order valence-electron chi connectivity index (χ1n) is 2.73. The number of quaternary nitrogens is 1. The van der Waals surface area contributed by atoms with Crippen molar-refractivity contribution in [1.82, 2.24) is 0 Å². The molecule has 0 bridgehead atoms. The predicted molar refractivity (Wildman–Crippen MR) is 35.3 cm³/mol. The average molecular weight is 197 g/mol. The average Bonchev–Trinajstić information content (AvgIpc) is 1.07. The Morgan fingerprint density at radius 1 is 0.727 bits per heavy atom. The maximum atomic E-state index is 9.86. The quantitative estimate of drug-likeness (QED) is 0.241. The fourth-order valence-corrected chi connectivity index (χ4v) is 0. The fraction of sp³-hybridized carbons (Fsp3) is 1.00. The van der Waals surface area contributed by atoms with Crippen LogP contribution in [-0.2, 0) is 0 Å². The monoisotopic (exact) mass is 197 g/mol. The van der Waals surface area contributed by atoms with E-state index < -0.39 is 9.02 Å². The molecule has 11 heavy (non-hydrogen) atoms. The summed E-state index contributed by atoms with van der Waals surface area (Å²) in [6.07, 6.45) is 0. The van der Waals surface area contributed by atoms with Crippen molar-refractivity contribution in [3.8, 4) is 0 Å². The van der Waals surface area contributed by atoms with E-state index in [0.29, 0.717) is 0 Å². The number of nitrogens with zero attached hydrogens (tertiary/aromatic N) is 1. The molecule has 0 spiro atoms. The van der Waals surface area contributed by atoms with Crippen LogP contribution in [0.1, 0.15) is 0 Å². The normalized spacial score (nSPS) is 15.9. The third kappa shape index (κ3) is 20100. The van der Waals surface area contributed by atoms with E-state index in [-0.39, 0.29) is 0 Å². The SMILES string of the molecule is C[N+](C)(C)C.F[Si-](F)(F)(F)F. The Bertz CT molecular complexity index is 97.7. The first kappa shape index (κ1) is 13.4. The van der Waals surface area contributed by atoms with Gasteiger partial charge in [-0.15, -0.1) is 0 Å². The number of hydrogen-bond acceptors (Lipinski definition) is 0. The molecule has 0 N–H and O–H groups in total. The predicted octanol–water partition coefficient (Wildman–Crippen LogP) is 2.04. The van der Waals surface area contributed by atoms with Gasteiger partial charge >= 0.3 is 29.6 Å². The zero-order chi connectivity index (χ0) is 9.95. The summed E-state index contributed by atoms with van der Waals surface area (Å²) in [5.74, 6) is 0. The van der Waals surface area contributed by atoms with Crippen LogP contribution in [0.3, 0.4) is 0 Å². The zero-order valence-corrected chi connectivity index (χ0v) is 7.84. The summed E-state index contributed by atoms with van der Waals surface area (Å²) in [5.41, 5.74) is 0. The molecule has 0 saturated carbocycles. The van der Waals surface area contributed by atoms with Gasteiger partial charge in [-0.3, -0.25) is 0 Å². The molecule has 0 unspecified atom stereocenters. The zero-order valence-electron chi connectivity index (χ0n) is 6.84. The van der Waals surface area contributed by atoms with Crippen LogP contribution in [0.15, 0.2) is 0 Å². The van der Waals surface area contributed by atoms with Crippen LogP contribution < -0.4 is 0 Å². The molecule has 0 aromatic rings. The van der Waals surface area contributed by atoms with Crippen LogP contribution in [0.4, 0.5) is 20.5 Å². The molecule has 1 nitrogen and oxygen atoms in total. The second-order valence-electron chi connectivity index (χ2n) is 3.40. The first-order chi connectivity index (χ1) is 4.24. The Labute approximate surface area is 63.3 Å². The van der Waals surface area contributed by atoms with Gasteiger partial charge in [0, 0.05) is 0 Å². The van der Waals surface area contributed by atoms with Crippen molar-refractivity contribution in [3.05, 3.63) is 0 Å². The van der Waals surface area contributed by atoms with Gasteiger partial charge in [0.2, 0.25) is 0 Å². The maximum absolute atomic E-state index is 9.86. The van der Waals surface area contributed by atoms with Gasteiger partial charge in [-0.2, -0.15) is 0 Å². The molecular weight excluding hydrogens is 185 g/mol. The molecule has 0 atom stereocenters. The van der Waals surface area contributed by atoms with Crippen LogP contribution in [0.5, 0.6) is 0 Å². The molecule has 72 valence electrons. The van der Waals surface area contributed by atoms with Gasteiger partial charge in [0.1, 0.15) is 0 Å². The van der Waals surface area contributed by atoms with Crippen molar-refractivity contribution in [2.45, 2.75) is 0 Å². The van der Waals surface area contributed by atoms with Crippen LogP contribution in [0.2, 0.25) is 0 Å². The molecular formula is C4H12F5NSi. The van der Waals surface area contributed by atoms with E-state index in [1.807, 2.05) is 0 Å². The second-order valence-corrected chi connectivity index (χ2v) is 4.83. The summed E-state index contributed by atoms with van der Waals surface area (Å²) in [4.78, 5) is 0. The molecule has 7 heteroatoms. The molecule has 0 fully saturated rings. The molecule has 0 heterocycles. The minimum atomic E-state index is -8.75. The molecule has 0 rings (SSSR count). The topological polar surface area (TPSA) is 0 Å². The van der Waals surface area contributed by atoms with Crippen molar-refractivity contribution in [1.29, 1.82) is 0 Å². The van der Waals surface area contributed by atoms with Gasteiger partial charge in [0.05, 0.1) is 28.2 Å². The van der Waals surface area contributed by atoms with Gasteiger partial charge in [0.25, 0.3) is 0 Å². The van der Waals surface area contributed by atoms with Crippen molar-refractivity contribution in [2.24, 2.45) is 0 Å².